The highest BCUT2D eigenvalue weighted by Crippen LogP contribution is 2.22. The number of carbonyl (C=O) groups excluding carboxylic acids is 1. The Balaban J connectivity index is 1.70. The molecule has 0 bridgehead atoms. The normalized spacial score (nSPS) is 10.6. The highest BCUT2D eigenvalue weighted by Gasteiger charge is 2.12. The van der Waals surface area contributed by atoms with E-state index in [1.165, 1.54) is 12.3 Å². The molecular weight excluding hydrogens is 366 g/mol. The second-order valence-corrected chi connectivity index (χ2v) is 6.02. The van der Waals surface area contributed by atoms with Crippen LogP contribution in [-0.2, 0) is 11.3 Å². The molecule has 3 aromatic rings. The molecule has 1 aromatic carbocycles. The number of benzene rings is 1. The molecule has 0 fully saturated rings. The van der Waals surface area contributed by atoms with Crippen molar-refractivity contribution in [2.75, 3.05) is 11.9 Å². The number of rotatable bonds is 7. The fourth-order valence-electron chi connectivity index (χ4n) is 2.51. The Hall–Kier alpha value is -3.20. The maximum atomic E-state index is 12.2. The van der Waals surface area contributed by atoms with Gasteiger partial charge in [0, 0.05) is 24.7 Å². The van der Waals surface area contributed by atoms with Crippen LogP contribution in [0.2, 0.25) is 0 Å². The number of hydrogen-bond donors (Lipinski definition) is 3. The molecule has 0 saturated heterocycles. The number of aromatic amines is 1. The number of anilines is 1. The maximum Gasteiger partial charge on any atom is 0.227 e. The minimum Gasteiger partial charge on any atom is -0.504 e. The van der Waals surface area contributed by atoms with E-state index < -0.39 is 0 Å². The third kappa shape index (κ3) is 4.50. The van der Waals surface area contributed by atoms with E-state index in [9.17, 15) is 9.90 Å². The molecule has 0 spiro atoms. The molecule has 0 aliphatic heterocycles. The molecule has 2 heterocycles. The topological polar surface area (TPSA) is 105 Å². The zero-order valence-electron chi connectivity index (χ0n) is 14.7. The lowest BCUT2D eigenvalue weighted by atomic mass is 10.2. The molecule has 3 rings (SSSR count). The number of nitrogens with zero attached hydrogens (tertiary/aromatic N) is 3. The molecule has 9 heteroatoms. The van der Waals surface area contributed by atoms with E-state index in [-0.39, 0.29) is 23.9 Å². The number of ether oxygens (including phenoxy) is 1. The second-order valence-electron chi connectivity index (χ2n) is 5.63. The average Bonchev–Trinajstić information content (AvgIpc) is 3.03. The third-order valence-electron chi connectivity index (χ3n) is 3.79. The molecule has 27 heavy (non-hydrogen) atoms. The molecule has 8 nitrogen and oxygen atoms in total. The summed E-state index contributed by atoms with van der Waals surface area (Å²) in [4.78, 5) is 16.1. The molecule has 0 radical (unpaired) electrons. The van der Waals surface area contributed by atoms with E-state index in [1.807, 2.05) is 31.2 Å². The lowest BCUT2D eigenvalue weighted by molar-refractivity contribution is -0.116. The zero-order chi connectivity index (χ0) is 19.2. The minimum absolute atomic E-state index is 0.0825. The van der Waals surface area contributed by atoms with Gasteiger partial charge in [-0.3, -0.25) is 14.5 Å². The molecule has 2 aromatic heterocycles. The molecule has 140 valence electrons. The SMILES string of the molecule is CCOc1ccc(-c2n[nH]c(=S)n2CCC(=O)Nc2ncccc2O)cc1. The van der Waals surface area contributed by atoms with Crippen LogP contribution in [0.25, 0.3) is 11.4 Å². The summed E-state index contributed by atoms with van der Waals surface area (Å²) >= 11 is 5.28. The van der Waals surface area contributed by atoms with E-state index in [1.54, 1.807) is 10.6 Å². The van der Waals surface area contributed by atoms with Gasteiger partial charge in [0.1, 0.15) is 5.75 Å². The van der Waals surface area contributed by atoms with Gasteiger partial charge in [-0.1, -0.05) is 0 Å². The highest BCUT2D eigenvalue weighted by molar-refractivity contribution is 7.71. The van der Waals surface area contributed by atoms with Crippen molar-refractivity contribution >= 4 is 23.9 Å². The number of aromatic nitrogens is 4. The van der Waals surface area contributed by atoms with Gasteiger partial charge in [-0.25, -0.2) is 4.98 Å². The zero-order valence-corrected chi connectivity index (χ0v) is 15.5. The fourth-order valence-corrected chi connectivity index (χ4v) is 2.74. The van der Waals surface area contributed by atoms with E-state index in [2.05, 4.69) is 20.5 Å². The number of H-pyrrole nitrogens is 1. The maximum absolute atomic E-state index is 12.2. The van der Waals surface area contributed by atoms with Crippen molar-refractivity contribution in [1.82, 2.24) is 19.7 Å². The number of aromatic hydroxyl groups is 1. The molecule has 0 saturated carbocycles. The summed E-state index contributed by atoms with van der Waals surface area (Å²) in [5, 5.41) is 19.3. The summed E-state index contributed by atoms with van der Waals surface area (Å²) in [5.41, 5.74) is 0.855. The fraction of sp³-hybridized carbons (Fsp3) is 0.222. The number of carbonyl (C=O) groups is 1. The van der Waals surface area contributed by atoms with Gasteiger partial charge in [0.05, 0.1) is 6.61 Å². The molecule has 0 aliphatic rings. The number of amides is 1. The smallest absolute Gasteiger partial charge is 0.227 e. The first-order valence-electron chi connectivity index (χ1n) is 8.40. The van der Waals surface area contributed by atoms with Crippen molar-refractivity contribution in [3.05, 3.63) is 47.4 Å². The molecule has 0 atom stereocenters. The molecule has 3 N–H and O–H groups in total. The van der Waals surface area contributed by atoms with Gasteiger partial charge in [0.25, 0.3) is 0 Å². The van der Waals surface area contributed by atoms with Crippen LogP contribution in [0.1, 0.15) is 13.3 Å². The second kappa shape index (κ2) is 8.45. The van der Waals surface area contributed by atoms with Gasteiger partial charge >= 0.3 is 0 Å². The van der Waals surface area contributed by atoms with Gasteiger partial charge in [-0.05, 0) is 55.5 Å². The van der Waals surface area contributed by atoms with Crippen LogP contribution < -0.4 is 10.1 Å². The average molecular weight is 385 g/mol. The first-order valence-corrected chi connectivity index (χ1v) is 8.81. The first-order chi connectivity index (χ1) is 13.1. The molecule has 0 aliphatic carbocycles. The predicted octanol–water partition coefficient (Wildman–Crippen LogP) is 3.14. The Morgan fingerprint density at radius 2 is 2.11 bits per heavy atom. The van der Waals surface area contributed by atoms with Crippen molar-refractivity contribution in [1.29, 1.82) is 0 Å². The van der Waals surface area contributed by atoms with E-state index in [0.717, 1.165) is 11.3 Å². The van der Waals surface area contributed by atoms with Crippen molar-refractivity contribution in [2.24, 2.45) is 0 Å². The van der Waals surface area contributed by atoms with Crippen LogP contribution in [0, 0.1) is 4.77 Å². The van der Waals surface area contributed by atoms with Gasteiger partial charge in [-0.2, -0.15) is 5.10 Å². The van der Waals surface area contributed by atoms with Crippen LogP contribution in [0.5, 0.6) is 11.5 Å². The van der Waals surface area contributed by atoms with Crippen LogP contribution in [0.3, 0.4) is 0 Å². The Kier molecular flexibility index (Phi) is 5.82. The van der Waals surface area contributed by atoms with Crippen LogP contribution in [-0.4, -0.2) is 37.4 Å². The minimum atomic E-state index is -0.287. The van der Waals surface area contributed by atoms with Crippen LogP contribution >= 0.6 is 12.2 Å². The van der Waals surface area contributed by atoms with E-state index in [4.69, 9.17) is 17.0 Å². The molecule has 1 amide bonds. The lowest BCUT2D eigenvalue weighted by Gasteiger charge is -2.09. The monoisotopic (exact) mass is 385 g/mol. The van der Waals surface area contributed by atoms with Crippen LogP contribution in [0.15, 0.2) is 42.6 Å². The number of nitrogens with one attached hydrogen (secondary N) is 2. The lowest BCUT2D eigenvalue weighted by Crippen LogP contribution is -2.16. The Labute approximate surface area is 160 Å². The predicted molar refractivity (Wildman–Crippen MR) is 103 cm³/mol. The van der Waals surface area contributed by atoms with E-state index in [0.29, 0.717) is 23.7 Å². The van der Waals surface area contributed by atoms with Gasteiger partial charge in [-0.15, -0.1) is 0 Å². The first kappa shape index (κ1) is 18.6. The van der Waals surface area contributed by atoms with Gasteiger partial charge in [0.15, 0.2) is 22.2 Å². The number of hydrogen-bond acceptors (Lipinski definition) is 6. The molecule has 0 unspecified atom stereocenters. The third-order valence-corrected chi connectivity index (χ3v) is 4.10. The van der Waals surface area contributed by atoms with Crippen molar-refractivity contribution in [3.8, 4) is 22.9 Å². The van der Waals surface area contributed by atoms with Gasteiger partial charge in [0.2, 0.25) is 5.91 Å². The summed E-state index contributed by atoms with van der Waals surface area (Å²) in [6.45, 7) is 2.85. The Morgan fingerprint density at radius 1 is 1.33 bits per heavy atom. The summed E-state index contributed by atoms with van der Waals surface area (Å²) in [5.74, 6) is 1.17. The van der Waals surface area contributed by atoms with Crippen LogP contribution in [0.4, 0.5) is 5.82 Å². The van der Waals surface area contributed by atoms with Crippen molar-refractivity contribution < 1.29 is 14.6 Å². The number of pyridine rings is 1. The quantitative estimate of drug-likeness (QED) is 0.540. The molecular formula is C18H19N5O3S. The summed E-state index contributed by atoms with van der Waals surface area (Å²) in [6, 6.07) is 10.5. The van der Waals surface area contributed by atoms with E-state index >= 15 is 0 Å². The standard InChI is InChI=1S/C18H19N5O3S/c1-2-26-13-7-5-12(6-8-13)17-21-22-18(27)23(17)11-9-15(25)20-16-14(24)4-3-10-19-16/h3-8,10,24H,2,9,11H2,1H3,(H,22,27)(H,19,20,25). The largest absolute Gasteiger partial charge is 0.504 e. The van der Waals surface area contributed by atoms with Gasteiger partial charge < -0.3 is 15.2 Å². The van der Waals surface area contributed by atoms with Crippen molar-refractivity contribution in [2.45, 2.75) is 19.9 Å². The van der Waals surface area contributed by atoms with Crippen molar-refractivity contribution in [3.63, 3.8) is 0 Å². The Morgan fingerprint density at radius 3 is 2.81 bits per heavy atom. The summed E-state index contributed by atoms with van der Waals surface area (Å²) in [6.07, 6.45) is 1.64. The highest BCUT2D eigenvalue weighted by atomic mass is 32.1. The summed E-state index contributed by atoms with van der Waals surface area (Å²) in [7, 11) is 0. The summed E-state index contributed by atoms with van der Waals surface area (Å²) < 4.78 is 7.62. The Bertz CT molecular complexity index is 981.